The molecule has 2 aliphatic rings. The van der Waals surface area contributed by atoms with E-state index in [4.69, 9.17) is 4.74 Å². The van der Waals surface area contributed by atoms with E-state index in [0.717, 1.165) is 25.7 Å². The predicted octanol–water partition coefficient (Wildman–Crippen LogP) is 1.52. The first-order chi connectivity index (χ1) is 8.56. The zero-order valence-corrected chi connectivity index (χ0v) is 11.2. The highest BCUT2D eigenvalue weighted by Gasteiger charge is 2.53. The van der Waals surface area contributed by atoms with E-state index < -0.39 is 5.54 Å². The van der Waals surface area contributed by atoms with E-state index in [-0.39, 0.29) is 11.9 Å². The molecule has 1 aliphatic carbocycles. The highest BCUT2D eigenvalue weighted by atomic mass is 16.5. The Hall–Kier alpha value is -1.10. The summed E-state index contributed by atoms with van der Waals surface area (Å²) in [6.07, 6.45) is 3.61. The van der Waals surface area contributed by atoms with Crippen LogP contribution in [0.15, 0.2) is 0 Å². The summed E-state index contributed by atoms with van der Waals surface area (Å²) < 4.78 is 5.51. The van der Waals surface area contributed by atoms with E-state index in [9.17, 15) is 9.59 Å². The summed E-state index contributed by atoms with van der Waals surface area (Å²) in [4.78, 5) is 25.4. The Bertz CT molecular complexity index is 335. The van der Waals surface area contributed by atoms with Crippen LogP contribution in [0.3, 0.4) is 0 Å². The van der Waals surface area contributed by atoms with Gasteiger partial charge in [0, 0.05) is 13.2 Å². The van der Waals surface area contributed by atoms with E-state index in [1.807, 2.05) is 0 Å². The number of imide groups is 1. The van der Waals surface area contributed by atoms with Crippen LogP contribution in [0.25, 0.3) is 0 Å². The number of rotatable bonds is 5. The van der Waals surface area contributed by atoms with E-state index in [1.54, 1.807) is 4.90 Å². The lowest BCUT2D eigenvalue weighted by Crippen LogP contribution is -2.48. The molecule has 1 heterocycles. The Balaban J connectivity index is 1.92. The van der Waals surface area contributed by atoms with Crippen molar-refractivity contribution in [3.8, 4) is 0 Å². The van der Waals surface area contributed by atoms with Gasteiger partial charge in [-0.2, -0.15) is 0 Å². The van der Waals surface area contributed by atoms with Crippen molar-refractivity contribution in [1.29, 1.82) is 0 Å². The number of urea groups is 1. The lowest BCUT2D eigenvalue weighted by Gasteiger charge is -2.31. The fourth-order valence-electron chi connectivity index (χ4n) is 2.85. The fourth-order valence-corrected chi connectivity index (χ4v) is 2.85. The van der Waals surface area contributed by atoms with Crippen molar-refractivity contribution < 1.29 is 14.3 Å². The van der Waals surface area contributed by atoms with Crippen LogP contribution in [0, 0.1) is 5.92 Å². The molecule has 5 nitrogen and oxygen atoms in total. The molecule has 0 unspecified atom stereocenters. The summed E-state index contributed by atoms with van der Waals surface area (Å²) in [5.41, 5.74) is -0.571. The second kappa shape index (κ2) is 5.26. The molecule has 5 heteroatoms. The standard InChI is InChI=1S/C13H22N2O3/c1-10(2)9-18-8-7-15-12(17)14-11(16)13(15)5-3-4-6-13/h10H,3-9H2,1-2H3,(H,14,16,17). The molecule has 2 fully saturated rings. The number of hydrogen-bond donors (Lipinski definition) is 1. The van der Waals surface area contributed by atoms with Crippen LogP contribution < -0.4 is 5.32 Å². The van der Waals surface area contributed by atoms with Gasteiger partial charge in [-0.05, 0) is 18.8 Å². The van der Waals surface area contributed by atoms with Gasteiger partial charge in [-0.25, -0.2) is 4.79 Å². The normalized spacial score (nSPS) is 22.3. The largest absolute Gasteiger partial charge is 0.379 e. The monoisotopic (exact) mass is 254 g/mol. The van der Waals surface area contributed by atoms with Gasteiger partial charge in [0.05, 0.1) is 6.61 Å². The first kappa shape index (κ1) is 13.3. The number of carbonyl (C=O) groups is 2. The van der Waals surface area contributed by atoms with Crippen LogP contribution in [-0.4, -0.2) is 42.1 Å². The molecule has 0 aromatic heterocycles. The highest BCUT2D eigenvalue weighted by molar-refractivity contribution is 6.07. The maximum Gasteiger partial charge on any atom is 0.325 e. The molecule has 3 amide bonds. The van der Waals surface area contributed by atoms with Crippen LogP contribution in [0.2, 0.25) is 0 Å². The number of ether oxygens (including phenoxy) is 1. The van der Waals surface area contributed by atoms with Crippen molar-refractivity contribution in [2.24, 2.45) is 5.92 Å². The molecule has 1 spiro atoms. The summed E-state index contributed by atoms with van der Waals surface area (Å²) in [5, 5.41) is 2.44. The van der Waals surface area contributed by atoms with Gasteiger partial charge in [-0.15, -0.1) is 0 Å². The van der Waals surface area contributed by atoms with E-state index in [1.165, 1.54) is 0 Å². The summed E-state index contributed by atoms with van der Waals surface area (Å²) >= 11 is 0. The van der Waals surface area contributed by atoms with Crippen molar-refractivity contribution >= 4 is 11.9 Å². The van der Waals surface area contributed by atoms with Crippen molar-refractivity contribution in [2.45, 2.75) is 45.1 Å². The van der Waals surface area contributed by atoms with Gasteiger partial charge in [0.15, 0.2) is 0 Å². The van der Waals surface area contributed by atoms with Gasteiger partial charge in [0.1, 0.15) is 5.54 Å². The van der Waals surface area contributed by atoms with Gasteiger partial charge in [0.25, 0.3) is 5.91 Å². The van der Waals surface area contributed by atoms with Gasteiger partial charge in [-0.3, -0.25) is 10.1 Å². The predicted molar refractivity (Wildman–Crippen MR) is 67.1 cm³/mol. The lowest BCUT2D eigenvalue weighted by molar-refractivity contribution is -0.126. The number of amides is 3. The van der Waals surface area contributed by atoms with Gasteiger partial charge < -0.3 is 9.64 Å². The van der Waals surface area contributed by atoms with E-state index >= 15 is 0 Å². The molecule has 0 atom stereocenters. The van der Waals surface area contributed by atoms with Crippen LogP contribution >= 0.6 is 0 Å². The third kappa shape index (κ3) is 2.36. The van der Waals surface area contributed by atoms with Crippen LogP contribution in [-0.2, 0) is 9.53 Å². The molecule has 1 saturated heterocycles. The first-order valence-corrected chi connectivity index (χ1v) is 6.77. The van der Waals surface area contributed by atoms with Gasteiger partial charge >= 0.3 is 6.03 Å². The molecule has 0 aromatic carbocycles. The number of nitrogens with zero attached hydrogens (tertiary/aromatic N) is 1. The Morgan fingerprint density at radius 3 is 2.61 bits per heavy atom. The van der Waals surface area contributed by atoms with E-state index in [0.29, 0.717) is 25.7 Å². The molecular weight excluding hydrogens is 232 g/mol. The van der Waals surface area contributed by atoms with E-state index in [2.05, 4.69) is 19.2 Å². The Kier molecular flexibility index (Phi) is 3.90. The summed E-state index contributed by atoms with van der Waals surface area (Å²) in [6, 6.07) is -0.255. The minimum absolute atomic E-state index is 0.117. The van der Waals surface area contributed by atoms with Crippen LogP contribution in [0.4, 0.5) is 4.79 Å². The van der Waals surface area contributed by atoms with Crippen molar-refractivity contribution in [1.82, 2.24) is 10.2 Å². The molecule has 0 radical (unpaired) electrons. The fraction of sp³-hybridized carbons (Fsp3) is 0.846. The smallest absolute Gasteiger partial charge is 0.325 e. The molecular formula is C13H22N2O3. The molecule has 0 bridgehead atoms. The zero-order chi connectivity index (χ0) is 13.2. The van der Waals surface area contributed by atoms with Crippen molar-refractivity contribution in [3.05, 3.63) is 0 Å². The topological polar surface area (TPSA) is 58.6 Å². The summed E-state index contributed by atoms with van der Waals surface area (Å²) in [6.45, 7) is 5.87. The molecule has 1 N–H and O–H groups in total. The third-order valence-electron chi connectivity index (χ3n) is 3.75. The van der Waals surface area contributed by atoms with Crippen molar-refractivity contribution in [3.63, 3.8) is 0 Å². The highest BCUT2D eigenvalue weighted by Crippen LogP contribution is 2.38. The average molecular weight is 254 g/mol. The quantitative estimate of drug-likeness (QED) is 0.598. The van der Waals surface area contributed by atoms with Crippen LogP contribution in [0.5, 0.6) is 0 Å². The second-order valence-corrected chi connectivity index (χ2v) is 5.62. The summed E-state index contributed by atoms with van der Waals surface area (Å²) in [7, 11) is 0. The molecule has 102 valence electrons. The van der Waals surface area contributed by atoms with Crippen LogP contribution in [0.1, 0.15) is 39.5 Å². The zero-order valence-electron chi connectivity index (χ0n) is 11.2. The number of hydrogen-bond acceptors (Lipinski definition) is 3. The Morgan fingerprint density at radius 1 is 1.33 bits per heavy atom. The third-order valence-corrected chi connectivity index (χ3v) is 3.75. The minimum atomic E-state index is -0.571. The molecule has 18 heavy (non-hydrogen) atoms. The molecule has 2 rings (SSSR count). The minimum Gasteiger partial charge on any atom is -0.379 e. The Labute approximate surface area is 108 Å². The maximum atomic E-state index is 11.9. The molecule has 0 aromatic rings. The second-order valence-electron chi connectivity index (χ2n) is 5.62. The van der Waals surface area contributed by atoms with Gasteiger partial charge in [0.2, 0.25) is 0 Å². The summed E-state index contributed by atoms with van der Waals surface area (Å²) in [5.74, 6) is 0.369. The number of nitrogens with one attached hydrogen (secondary N) is 1. The van der Waals surface area contributed by atoms with Gasteiger partial charge in [-0.1, -0.05) is 26.7 Å². The molecule has 1 saturated carbocycles. The lowest BCUT2D eigenvalue weighted by atomic mass is 9.96. The number of carbonyl (C=O) groups excluding carboxylic acids is 2. The van der Waals surface area contributed by atoms with Crippen molar-refractivity contribution in [2.75, 3.05) is 19.8 Å². The molecule has 1 aliphatic heterocycles. The average Bonchev–Trinajstić information content (AvgIpc) is 2.85. The SMILES string of the molecule is CC(C)COCCN1C(=O)NC(=O)C12CCCC2. The first-order valence-electron chi connectivity index (χ1n) is 6.77. The Morgan fingerprint density at radius 2 is 2.00 bits per heavy atom. The maximum absolute atomic E-state index is 11.9.